The van der Waals surface area contributed by atoms with Gasteiger partial charge in [0.25, 0.3) is 0 Å². The van der Waals surface area contributed by atoms with Crippen molar-refractivity contribution in [2.75, 3.05) is 13.1 Å². The molecule has 1 aromatic carbocycles. The van der Waals surface area contributed by atoms with Crippen molar-refractivity contribution in [1.82, 2.24) is 4.90 Å². The van der Waals surface area contributed by atoms with Crippen LogP contribution < -0.4 is 0 Å². The third-order valence-electron chi connectivity index (χ3n) is 3.47. The fraction of sp³-hybridized carbons (Fsp3) is 0.533. The number of carbonyl (C=O) groups excluding carboxylic acids is 1. The average molecular weight is 231 g/mol. The van der Waals surface area contributed by atoms with Gasteiger partial charge in [-0.25, -0.2) is 0 Å². The molecule has 1 aromatic rings. The van der Waals surface area contributed by atoms with Gasteiger partial charge in [-0.1, -0.05) is 37.1 Å². The molecule has 0 aliphatic carbocycles. The minimum Gasteiger partial charge on any atom is -0.299 e. The highest BCUT2D eigenvalue weighted by molar-refractivity contribution is 5.93. The first-order valence-corrected chi connectivity index (χ1v) is 6.58. The molecule has 2 heteroatoms. The van der Waals surface area contributed by atoms with Crippen LogP contribution in [0.5, 0.6) is 0 Å². The maximum absolute atomic E-state index is 11.2. The first-order valence-electron chi connectivity index (χ1n) is 6.58. The number of ketones is 1. The fourth-order valence-electron chi connectivity index (χ4n) is 2.40. The molecule has 1 aliphatic rings. The second kappa shape index (κ2) is 5.97. The van der Waals surface area contributed by atoms with Crippen LogP contribution in [0.3, 0.4) is 0 Å². The van der Waals surface area contributed by atoms with Gasteiger partial charge in [0.1, 0.15) is 0 Å². The number of nitrogens with zero attached hydrogens (tertiary/aromatic N) is 1. The van der Waals surface area contributed by atoms with E-state index in [1.54, 1.807) is 6.92 Å². The molecule has 92 valence electrons. The highest BCUT2D eigenvalue weighted by Gasteiger charge is 2.09. The SMILES string of the molecule is CC(=O)c1ccc(CN2CCCCCC2)cc1. The van der Waals surface area contributed by atoms with E-state index in [0.717, 1.165) is 12.1 Å². The summed E-state index contributed by atoms with van der Waals surface area (Å²) < 4.78 is 0. The Morgan fingerprint density at radius 2 is 1.65 bits per heavy atom. The summed E-state index contributed by atoms with van der Waals surface area (Å²) in [5.41, 5.74) is 2.13. The van der Waals surface area contributed by atoms with E-state index >= 15 is 0 Å². The second-order valence-corrected chi connectivity index (χ2v) is 4.94. The molecular formula is C15H21NO. The zero-order valence-corrected chi connectivity index (χ0v) is 10.6. The minimum atomic E-state index is 0.145. The molecule has 0 N–H and O–H groups in total. The van der Waals surface area contributed by atoms with E-state index in [-0.39, 0.29) is 5.78 Å². The van der Waals surface area contributed by atoms with Crippen molar-refractivity contribution in [1.29, 1.82) is 0 Å². The summed E-state index contributed by atoms with van der Waals surface area (Å²) in [4.78, 5) is 13.7. The van der Waals surface area contributed by atoms with Gasteiger partial charge >= 0.3 is 0 Å². The molecule has 0 bridgehead atoms. The van der Waals surface area contributed by atoms with Gasteiger partial charge in [0.15, 0.2) is 5.78 Å². The van der Waals surface area contributed by atoms with Crippen molar-refractivity contribution in [2.24, 2.45) is 0 Å². The molecule has 0 amide bonds. The summed E-state index contributed by atoms with van der Waals surface area (Å²) in [5.74, 6) is 0.145. The van der Waals surface area contributed by atoms with Gasteiger partial charge in [0.2, 0.25) is 0 Å². The van der Waals surface area contributed by atoms with Crippen molar-refractivity contribution in [3.05, 3.63) is 35.4 Å². The largest absolute Gasteiger partial charge is 0.299 e. The van der Waals surface area contributed by atoms with E-state index < -0.39 is 0 Å². The van der Waals surface area contributed by atoms with Crippen LogP contribution >= 0.6 is 0 Å². The van der Waals surface area contributed by atoms with Gasteiger partial charge in [-0.3, -0.25) is 9.69 Å². The monoisotopic (exact) mass is 231 g/mol. The summed E-state index contributed by atoms with van der Waals surface area (Å²) in [6.07, 6.45) is 5.40. The number of Topliss-reactive ketones (excluding diaryl/α,β-unsaturated/α-hetero) is 1. The maximum atomic E-state index is 11.2. The number of hydrogen-bond acceptors (Lipinski definition) is 2. The molecule has 2 nitrogen and oxygen atoms in total. The lowest BCUT2D eigenvalue weighted by Crippen LogP contribution is -2.23. The lowest BCUT2D eigenvalue weighted by Gasteiger charge is -2.19. The van der Waals surface area contributed by atoms with E-state index in [1.165, 1.54) is 44.3 Å². The number of likely N-dealkylation sites (tertiary alicyclic amines) is 1. The van der Waals surface area contributed by atoms with Gasteiger partial charge in [-0.05, 0) is 38.4 Å². The highest BCUT2D eigenvalue weighted by Crippen LogP contribution is 2.13. The van der Waals surface area contributed by atoms with Gasteiger partial charge in [0, 0.05) is 12.1 Å². The number of rotatable bonds is 3. The van der Waals surface area contributed by atoms with Crippen LogP contribution in [0.1, 0.15) is 48.5 Å². The van der Waals surface area contributed by atoms with E-state index in [1.807, 2.05) is 12.1 Å². The van der Waals surface area contributed by atoms with Gasteiger partial charge < -0.3 is 0 Å². The predicted molar refractivity (Wildman–Crippen MR) is 70.2 cm³/mol. The second-order valence-electron chi connectivity index (χ2n) is 4.94. The molecule has 1 saturated heterocycles. The Balaban J connectivity index is 1.95. The fourth-order valence-corrected chi connectivity index (χ4v) is 2.40. The highest BCUT2D eigenvalue weighted by atomic mass is 16.1. The van der Waals surface area contributed by atoms with E-state index in [0.29, 0.717) is 0 Å². The molecule has 17 heavy (non-hydrogen) atoms. The first-order chi connectivity index (χ1) is 8.25. The Morgan fingerprint density at radius 3 is 2.18 bits per heavy atom. The molecule has 1 aliphatic heterocycles. The standard InChI is InChI=1S/C15H21NO/c1-13(17)15-8-6-14(7-9-15)12-16-10-4-2-3-5-11-16/h6-9H,2-5,10-12H2,1H3. The Hall–Kier alpha value is -1.15. The third-order valence-corrected chi connectivity index (χ3v) is 3.47. The van der Waals surface area contributed by atoms with Crippen LogP contribution in [0.15, 0.2) is 24.3 Å². The van der Waals surface area contributed by atoms with Crippen LogP contribution in [0.25, 0.3) is 0 Å². The van der Waals surface area contributed by atoms with Gasteiger partial charge in [0.05, 0.1) is 0 Å². The van der Waals surface area contributed by atoms with Crippen LogP contribution in [-0.2, 0) is 6.54 Å². The number of hydrogen-bond donors (Lipinski definition) is 0. The quantitative estimate of drug-likeness (QED) is 0.744. The first kappa shape index (κ1) is 12.3. The Morgan fingerprint density at radius 1 is 1.06 bits per heavy atom. The van der Waals surface area contributed by atoms with Crippen molar-refractivity contribution in [3.63, 3.8) is 0 Å². The van der Waals surface area contributed by atoms with Crippen molar-refractivity contribution in [3.8, 4) is 0 Å². The van der Waals surface area contributed by atoms with Crippen LogP contribution in [0, 0.1) is 0 Å². The average Bonchev–Trinajstić information content (AvgIpc) is 2.58. The van der Waals surface area contributed by atoms with Crippen LogP contribution in [0.2, 0.25) is 0 Å². The lowest BCUT2D eigenvalue weighted by atomic mass is 10.1. The van der Waals surface area contributed by atoms with Crippen LogP contribution in [-0.4, -0.2) is 23.8 Å². The molecule has 1 fully saturated rings. The van der Waals surface area contributed by atoms with Gasteiger partial charge in [-0.15, -0.1) is 0 Å². The maximum Gasteiger partial charge on any atom is 0.159 e. The minimum absolute atomic E-state index is 0.145. The predicted octanol–water partition coefficient (Wildman–Crippen LogP) is 3.27. The zero-order chi connectivity index (χ0) is 12.1. The van der Waals surface area contributed by atoms with Crippen LogP contribution in [0.4, 0.5) is 0 Å². The Labute approximate surface area is 104 Å². The summed E-state index contributed by atoms with van der Waals surface area (Å²) in [6.45, 7) is 5.07. The summed E-state index contributed by atoms with van der Waals surface area (Å²) in [5, 5.41) is 0. The summed E-state index contributed by atoms with van der Waals surface area (Å²) in [6, 6.07) is 8.05. The summed E-state index contributed by atoms with van der Waals surface area (Å²) >= 11 is 0. The number of carbonyl (C=O) groups is 1. The molecule has 0 radical (unpaired) electrons. The molecule has 0 saturated carbocycles. The molecular weight excluding hydrogens is 210 g/mol. The lowest BCUT2D eigenvalue weighted by molar-refractivity contribution is 0.101. The van der Waals surface area contributed by atoms with E-state index in [2.05, 4.69) is 17.0 Å². The Bertz CT molecular complexity index is 361. The van der Waals surface area contributed by atoms with Crippen molar-refractivity contribution < 1.29 is 4.79 Å². The summed E-state index contributed by atoms with van der Waals surface area (Å²) in [7, 11) is 0. The molecule has 2 rings (SSSR count). The number of benzene rings is 1. The Kier molecular flexibility index (Phi) is 4.32. The third kappa shape index (κ3) is 3.67. The molecule has 0 aromatic heterocycles. The van der Waals surface area contributed by atoms with Crippen molar-refractivity contribution >= 4 is 5.78 Å². The topological polar surface area (TPSA) is 20.3 Å². The molecule has 1 heterocycles. The smallest absolute Gasteiger partial charge is 0.159 e. The van der Waals surface area contributed by atoms with E-state index in [4.69, 9.17) is 0 Å². The zero-order valence-electron chi connectivity index (χ0n) is 10.6. The normalized spacial score (nSPS) is 17.7. The van der Waals surface area contributed by atoms with E-state index in [9.17, 15) is 4.79 Å². The molecule has 0 unspecified atom stereocenters. The van der Waals surface area contributed by atoms with Gasteiger partial charge in [-0.2, -0.15) is 0 Å². The molecule has 0 spiro atoms. The molecule has 0 atom stereocenters. The van der Waals surface area contributed by atoms with Crippen molar-refractivity contribution in [2.45, 2.75) is 39.2 Å².